The Labute approximate surface area is 102 Å². The number of nitrogens with zero attached hydrogens (tertiary/aromatic N) is 1. The van der Waals surface area contributed by atoms with Crippen molar-refractivity contribution in [2.45, 2.75) is 32.7 Å². The number of piperidine rings is 1. The molecule has 1 heterocycles. The third kappa shape index (κ3) is 3.63. The van der Waals surface area contributed by atoms with E-state index in [1.807, 2.05) is 0 Å². The fourth-order valence-corrected chi connectivity index (χ4v) is 2.24. The molecule has 0 atom stereocenters. The van der Waals surface area contributed by atoms with Gasteiger partial charge in [0.25, 0.3) is 0 Å². The average molecular weight is 244 g/mol. The van der Waals surface area contributed by atoms with Gasteiger partial charge in [-0.2, -0.15) is 0 Å². The van der Waals surface area contributed by atoms with E-state index < -0.39 is 0 Å². The van der Waals surface area contributed by atoms with Crippen LogP contribution in [0.2, 0.25) is 0 Å². The highest BCUT2D eigenvalue weighted by Gasteiger charge is 2.26. The van der Waals surface area contributed by atoms with Gasteiger partial charge in [0.1, 0.15) is 0 Å². The predicted molar refractivity (Wildman–Crippen MR) is 67.2 cm³/mol. The highest BCUT2D eigenvalue weighted by atomic mass is 32.1. The first-order valence-electron chi connectivity index (χ1n) is 5.68. The molecule has 1 saturated heterocycles. The number of nitrogens with one attached hydrogen (secondary N) is 1. The van der Waals surface area contributed by atoms with Gasteiger partial charge in [0.15, 0.2) is 5.11 Å². The molecule has 0 saturated carbocycles. The summed E-state index contributed by atoms with van der Waals surface area (Å²) in [5, 5.41) is 4.00. The van der Waals surface area contributed by atoms with E-state index in [9.17, 15) is 4.79 Å². The standard InChI is InChI=1S/C11H20N2O2S/c1-8(2)12-11(16)13-6-4-9(5-7-13)10(14)15-3/h8-9H,4-7H2,1-3H3,(H,12,16). The molecule has 1 fully saturated rings. The van der Waals surface area contributed by atoms with Gasteiger partial charge in [-0.3, -0.25) is 4.79 Å². The number of ether oxygens (including phenoxy) is 1. The Bertz CT molecular complexity index is 261. The van der Waals surface area contributed by atoms with E-state index in [0.29, 0.717) is 6.04 Å². The Morgan fingerprint density at radius 1 is 1.44 bits per heavy atom. The van der Waals surface area contributed by atoms with Crippen LogP contribution < -0.4 is 5.32 Å². The lowest BCUT2D eigenvalue weighted by Crippen LogP contribution is -2.47. The Hall–Kier alpha value is -0.840. The molecule has 0 aromatic heterocycles. The fraction of sp³-hybridized carbons (Fsp3) is 0.818. The maximum Gasteiger partial charge on any atom is 0.308 e. The van der Waals surface area contributed by atoms with Gasteiger partial charge in [0.05, 0.1) is 13.0 Å². The van der Waals surface area contributed by atoms with Crippen molar-refractivity contribution in [3.05, 3.63) is 0 Å². The molecule has 0 aliphatic carbocycles. The van der Waals surface area contributed by atoms with Crippen molar-refractivity contribution in [2.24, 2.45) is 5.92 Å². The molecular formula is C11H20N2O2S. The van der Waals surface area contributed by atoms with Crippen molar-refractivity contribution in [3.8, 4) is 0 Å². The minimum absolute atomic E-state index is 0.0445. The van der Waals surface area contributed by atoms with Crippen LogP contribution in [0.15, 0.2) is 0 Å². The fourth-order valence-electron chi connectivity index (χ4n) is 1.82. The van der Waals surface area contributed by atoms with Crippen LogP contribution in [-0.4, -0.2) is 42.2 Å². The molecule has 0 unspecified atom stereocenters. The van der Waals surface area contributed by atoms with Crippen LogP contribution in [0.25, 0.3) is 0 Å². The van der Waals surface area contributed by atoms with Crippen LogP contribution in [-0.2, 0) is 9.53 Å². The van der Waals surface area contributed by atoms with Crippen LogP contribution in [0, 0.1) is 5.92 Å². The molecule has 0 bridgehead atoms. The molecule has 16 heavy (non-hydrogen) atoms. The van der Waals surface area contributed by atoms with Crippen LogP contribution in [0.1, 0.15) is 26.7 Å². The molecule has 0 amide bonds. The number of methoxy groups -OCH3 is 1. The summed E-state index contributed by atoms with van der Waals surface area (Å²) in [4.78, 5) is 13.5. The molecule has 0 aromatic rings. The second kappa shape index (κ2) is 6.03. The lowest BCUT2D eigenvalue weighted by molar-refractivity contribution is -0.146. The zero-order valence-electron chi connectivity index (χ0n) is 10.2. The molecule has 4 nitrogen and oxygen atoms in total. The van der Waals surface area contributed by atoms with Gasteiger partial charge in [-0.05, 0) is 38.9 Å². The van der Waals surface area contributed by atoms with Gasteiger partial charge in [-0.1, -0.05) is 0 Å². The Balaban J connectivity index is 2.37. The predicted octanol–water partition coefficient (Wildman–Crippen LogP) is 1.15. The molecule has 0 aromatic carbocycles. The van der Waals surface area contributed by atoms with Crippen molar-refractivity contribution >= 4 is 23.3 Å². The largest absolute Gasteiger partial charge is 0.469 e. The molecule has 0 radical (unpaired) electrons. The lowest BCUT2D eigenvalue weighted by Gasteiger charge is -2.33. The van der Waals surface area contributed by atoms with E-state index in [0.717, 1.165) is 31.0 Å². The number of hydrogen-bond acceptors (Lipinski definition) is 3. The second-order valence-electron chi connectivity index (χ2n) is 4.39. The summed E-state index contributed by atoms with van der Waals surface area (Å²) in [5.41, 5.74) is 0. The van der Waals surface area contributed by atoms with Gasteiger partial charge in [-0.15, -0.1) is 0 Å². The first-order chi connectivity index (χ1) is 7.54. The summed E-state index contributed by atoms with van der Waals surface area (Å²) in [6.45, 7) is 5.79. The summed E-state index contributed by atoms with van der Waals surface area (Å²) in [5.74, 6) is -0.0505. The van der Waals surface area contributed by atoms with Crippen molar-refractivity contribution in [2.75, 3.05) is 20.2 Å². The molecule has 92 valence electrons. The summed E-state index contributed by atoms with van der Waals surface area (Å²) < 4.78 is 4.74. The number of carbonyl (C=O) groups is 1. The number of carbonyl (C=O) groups excluding carboxylic acids is 1. The van der Waals surface area contributed by atoms with E-state index in [1.54, 1.807) is 0 Å². The molecule has 0 spiro atoms. The zero-order chi connectivity index (χ0) is 12.1. The molecule has 1 aliphatic heterocycles. The maximum absolute atomic E-state index is 11.3. The van der Waals surface area contributed by atoms with Crippen LogP contribution >= 0.6 is 12.2 Å². The van der Waals surface area contributed by atoms with Crippen LogP contribution in [0.3, 0.4) is 0 Å². The summed E-state index contributed by atoms with van der Waals surface area (Å²) in [6, 6.07) is 0.353. The number of likely N-dealkylation sites (tertiary alicyclic amines) is 1. The van der Waals surface area contributed by atoms with Gasteiger partial charge < -0.3 is 15.0 Å². The number of thiocarbonyl (C=S) groups is 1. The smallest absolute Gasteiger partial charge is 0.308 e. The van der Waals surface area contributed by atoms with Crippen molar-refractivity contribution < 1.29 is 9.53 Å². The monoisotopic (exact) mass is 244 g/mol. The van der Waals surface area contributed by atoms with E-state index in [2.05, 4.69) is 24.1 Å². The SMILES string of the molecule is COC(=O)C1CCN(C(=S)NC(C)C)CC1. The van der Waals surface area contributed by atoms with E-state index >= 15 is 0 Å². The van der Waals surface area contributed by atoms with Crippen molar-refractivity contribution in [3.63, 3.8) is 0 Å². The molecule has 1 aliphatic rings. The minimum atomic E-state index is -0.0950. The highest BCUT2D eigenvalue weighted by molar-refractivity contribution is 7.80. The summed E-state index contributed by atoms with van der Waals surface area (Å²) in [6.07, 6.45) is 1.65. The minimum Gasteiger partial charge on any atom is -0.469 e. The quantitative estimate of drug-likeness (QED) is 0.583. The Kier molecular flexibility index (Phi) is 4.99. The average Bonchev–Trinajstić information content (AvgIpc) is 2.27. The van der Waals surface area contributed by atoms with Gasteiger partial charge in [0.2, 0.25) is 0 Å². The third-order valence-corrected chi connectivity index (χ3v) is 3.10. The first kappa shape index (κ1) is 13.2. The van der Waals surface area contributed by atoms with Gasteiger partial charge in [-0.25, -0.2) is 0 Å². The molecular weight excluding hydrogens is 224 g/mol. The molecule has 5 heteroatoms. The Morgan fingerprint density at radius 2 is 2.00 bits per heavy atom. The first-order valence-corrected chi connectivity index (χ1v) is 6.08. The summed E-state index contributed by atoms with van der Waals surface area (Å²) >= 11 is 5.28. The van der Waals surface area contributed by atoms with Crippen LogP contribution in [0.5, 0.6) is 0 Å². The van der Waals surface area contributed by atoms with Crippen LogP contribution in [0.4, 0.5) is 0 Å². The third-order valence-electron chi connectivity index (χ3n) is 2.73. The highest BCUT2D eigenvalue weighted by Crippen LogP contribution is 2.18. The number of hydrogen-bond donors (Lipinski definition) is 1. The van der Waals surface area contributed by atoms with E-state index in [-0.39, 0.29) is 11.9 Å². The number of esters is 1. The zero-order valence-corrected chi connectivity index (χ0v) is 11.0. The van der Waals surface area contributed by atoms with Crippen molar-refractivity contribution in [1.29, 1.82) is 0 Å². The van der Waals surface area contributed by atoms with E-state index in [4.69, 9.17) is 17.0 Å². The van der Waals surface area contributed by atoms with Gasteiger partial charge in [0, 0.05) is 19.1 Å². The molecule has 1 N–H and O–H groups in total. The van der Waals surface area contributed by atoms with Gasteiger partial charge >= 0.3 is 5.97 Å². The number of rotatable bonds is 2. The molecule has 1 rings (SSSR count). The van der Waals surface area contributed by atoms with E-state index in [1.165, 1.54) is 7.11 Å². The second-order valence-corrected chi connectivity index (χ2v) is 4.78. The lowest BCUT2D eigenvalue weighted by atomic mass is 9.97. The van der Waals surface area contributed by atoms with Crippen molar-refractivity contribution in [1.82, 2.24) is 10.2 Å². The normalized spacial score (nSPS) is 17.4. The Morgan fingerprint density at radius 3 is 2.44 bits per heavy atom. The topological polar surface area (TPSA) is 41.6 Å². The summed E-state index contributed by atoms with van der Waals surface area (Å²) in [7, 11) is 1.44. The maximum atomic E-state index is 11.3.